The van der Waals surface area contributed by atoms with E-state index >= 15 is 0 Å². The van der Waals surface area contributed by atoms with Gasteiger partial charge in [0.25, 0.3) is 0 Å². The first kappa shape index (κ1) is 17.8. The fourth-order valence-electron chi connectivity index (χ4n) is 2.71. The van der Waals surface area contributed by atoms with Crippen molar-refractivity contribution in [3.8, 4) is 5.75 Å². The second kappa shape index (κ2) is 7.89. The predicted octanol–water partition coefficient (Wildman–Crippen LogP) is 3.62. The van der Waals surface area contributed by atoms with Crippen LogP contribution in [0, 0.1) is 0 Å². The number of esters is 1. The van der Waals surface area contributed by atoms with Crippen molar-refractivity contribution in [2.24, 2.45) is 0 Å². The number of nitrogens with zero attached hydrogens (tertiary/aromatic N) is 3. The molecular formula is C17H17Cl2N3O3. The third-order valence-corrected chi connectivity index (χ3v) is 4.79. The molecule has 0 amide bonds. The van der Waals surface area contributed by atoms with Crippen molar-refractivity contribution in [1.82, 2.24) is 9.97 Å². The molecule has 0 spiro atoms. The molecule has 1 aromatic carbocycles. The maximum Gasteiger partial charge on any atom is 0.338 e. The van der Waals surface area contributed by atoms with Crippen LogP contribution in [0.4, 0.5) is 5.95 Å². The maximum atomic E-state index is 12.2. The first-order valence-corrected chi connectivity index (χ1v) is 8.59. The lowest BCUT2D eigenvalue weighted by atomic mass is 10.2. The van der Waals surface area contributed by atoms with Gasteiger partial charge in [0.2, 0.25) is 5.95 Å². The van der Waals surface area contributed by atoms with Gasteiger partial charge in [0, 0.05) is 6.54 Å². The number of aromatic nitrogens is 2. The van der Waals surface area contributed by atoms with Gasteiger partial charge < -0.3 is 14.4 Å². The molecule has 1 aliphatic heterocycles. The number of hydrogen-bond donors (Lipinski definition) is 0. The summed E-state index contributed by atoms with van der Waals surface area (Å²) in [5.74, 6) is 0.778. The van der Waals surface area contributed by atoms with E-state index in [2.05, 4.69) is 9.97 Å². The third-order valence-electron chi connectivity index (χ3n) is 4.05. The highest BCUT2D eigenvalue weighted by Crippen LogP contribution is 2.25. The molecule has 2 aromatic rings. The number of rotatable bonds is 5. The Morgan fingerprint density at radius 2 is 2.04 bits per heavy atom. The Labute approximate surface area is 155 Å². The molecule has 132 valence electrons. The van der Waals surface area contributed by atoms with E-state index in [0.717, 1.165) is 19.4 Å². The molecule has 1 aromatic heterocycles. The van der Waals surface area contributed by atoms with Gasteiger partial charge in [0.05, 0.1) is 41.2 Å². The van der Waals surface area contributed by atoms with Gasteiger partial charge >= 0.3 is 5.97 Å². The van der Waals surface area contributed by atoms with Crippen LogP contribution in [0.1, 0.15) is 23.2 Å². The molecule has 1 saturated heterocycles. The number of hydrogen-bond acceptors (Lipinski definition) is 6. The lowest BCUT2D eigenvalue weighted by molar-refractivity contribution is 0.0482. The Bertz CT molecular complexity index is 755. The van der Waals surface area contributed by atoms with Crippen molar-refractivity contribution in [2.75, 3.05) is 25.2 Å². The Balaban J connectivity index is 1.63. The van der Waals surface area contributed by atoms with Crippen molar-refractivity contribution >= 4 is 35.1 Å². The summed E-state index contributed by atoms with van der Waals surface area (Å²) in [4.78, 5) is 22.9. The van der Waals surface area contributed by atoms with E-state index in [-0.39, 0.29) is 12.6 Å². The van der Waals surface area contributed by atoms with Crippen LogP contribution in [0.2, 0.25) is 10.0 Å². The summed E-state index contributed by atoms with van der Waals surface area (Å²) >= 11 is 11.8. The normalized spacial score (nSPS) is 16.8. The fourth-order valence-corrected chi connectivity index (χ4v) is 3.01. The second-order valence-corrected chi connectivity index (χ2v) is 6.45. The first-order valence-electron chi connectivity index (χ1n) is 7.83. The number of ether oxygens (including phenoxy) is 2. The molecule has 0 saturated carbocycles. The number of carbonyl (C=O) groups is 1. The first-order chi connectivity index (χ1) is 12.1. The second-order valence-electron chi connectivity index (χ2n) is 5.64. The van der Waals surface area contributed by atoms with Crippen LogP contribution in [0.15, 0.2) is 30.6 Å². The molecule has 25 heavy (non-hydrogen) atoms. The van der Waals surface area contributed by atoms with E-state index in [1.165, 1.54) is 6.07 Å². The van der Waals surface area contributed by atoms with Crippen molar-refractivity contribution in [1.29, 1.82) is 0 Å². The SMILES string of the molecule is COc1cnc(N2CCC[C@H]2COC(=O)c2ccc(Cl)c(Cl)c2)nc1. The van der Waals surface area contributed by atoms with E-state index in [4.69, 9.17) is 32.7 Å². The Morgan fingerprint density at radius 3 is 2.72 bits per heavy atom. The summed E-state index contributed by atoms with van der Waals surface area (Å²) in [7, 11) is 1.57. The summed E-state index contributed by atoms with van der Waals surface area (Å²) in [6.45, 7) is 1.08. The van der Waals surface area contributed by atoms with E-state index < -0.39 is 5.97 Å². The molecule has 0 unspecified atom stereocenters. The molecule has 6 nitrogen and oxygen atoms in total. The van der Waals surface area contributed by atoms with Crippen LogP contribution >= 0.6 is 23.2 Å². The van der Waals surface area contributed by atoms with Gasteiger partial charge in [0.15, 0.2) is 5.75 Å². The molecule has 0 radical (unpaired) electrons. The minimum Gasteiger partial charge on any atom is -0.494 e. The molecule has 1 aliphatic rings. The molecule has 1 atom stereocenters. The number of methoxy groups -OCH3 is 1. The van der Waals surface area contributed by atoms with Gasteiger partial charge in [-0.1, -0.05) is 23.2 Å². The topological polar surface area (TPSA) is 64.6 Å². The van der Waals surface area contributed by atoms with Crippen LogP contribution in [0.25, 0.3) is 0 Å². The molecule has 0 bridgehead atoms. The molecule has 8 heteroatoms. The zero-order valence-electron chi connectivity index (χ0n) is 13.6. The smallest absolute Gasteiger partial charge is 0.338 e. The Morgan fingerprint density at radius 1 is 1.28 bits per heavy atom. The van der Waals surface area contributed by atoms with Crippen molar-refractivity contribution in [3.63, 3.8) is 0 Å². The fraction of sp³-hybridized carbons (Fsp3) is 0.353. The standard InChI is InChI=1S/C17H17Cl2N3O3/c1-24-13-8-20-17(21-9-13)22-6-2-3-12(22)10-25-16(23)11-4-5-14(18)15(19)7-11/h4-5,7-9,12H,2-3,6,10H2,1H3/t12-/m0/s1. The zero-order chi connectivity index (χ0) is 17.8. The largest absolute Gasteiger partial charge is 0.494 e. The average molecular weight is 382 g/mol. The van der Waals surface area contributed by atoms with Crippen molar-refractivity contribution < 1.29 is 14.3 Å². The summed E-state index contributed by atoms with van der Waals surface area (Å²) in [6.07, 6.45) is 5.15. The van der Waals surface area contributed by atoms with Gasteiger partial charge in [-0.3, -0.25) is 0 Å². The van der Waals surface area contributed by atoms with E-state index in [1.807, 2.05) is 4.90 Å². The summed E-state index contributed by atoms with van der Waals surface area (Å²) in [5, 5.41) is 0.724. The molecule has 1 fully saturated rings. The van der Waals surface area contributed by atoms with Crippen LogP contribution < -0.4 is 9.64 Å². The monoisotopic (exact) mass is 381 g/mol. The van der Waals surface area contributed by atoms with Gasteiger partial charge in [0.1, 0.15) is 6.61 Å². The van der Waals surface area contributed by atoms with Crippen LogP contribution in [0.3, 0.4) is 0 Å². The highest BCUT2D eigenvalue weighted by atomic mass is 35.5. The number of benzene rings is 1. The lowest BCUT2D eigenvalue weighted by Gasteiger charge is -2.24. The maximum absolute atomic E-state index is 12.2. The average Bonchev–Trinajstić information content (AvgIpc) is 3.10. The lowest BCUT2D eigenvalue weighted by Crippen LogP contribution is -2.35. The number of carbonyl (C=O) groups excluding carboxylic acids is 1. The van der Waals surface area contributed by atoms with E-state index in [0.29, 0.717) is 27.3 Å². The molecule has 3 rings (SSSR count). The molecular weight excluding hydrogens is 365 g/mol. The zero-order valence-corrected chi connectivity index (χ0v) is 15.1. The number of anilines is 1. The minimum atomic E-state index is -0.430. The highest BCUT2D eigenvalue weighted by Gasteiger charge is 2.28. The summed E-state index contributed by atoms with van der Waals surface area (Å²) in [5.41, 5.74) is 0.375. The van der Waals surface area contributed by atoms with Crippen molar-refractivity contribution in [2.45, 2.75) is 18.9 Å². The predicted molar refractivity (Wildman–Crippen MR) is 95.7 cm³/mol. The quantitative estimate of drug-likeness (QED) is 0.736. The minimum absolute atomic E-state index is 0.0418. The summed E-state index contributed by atoms with van der Waals surface area (Å²) in [6, 6.07) is 4.72. The van der Waals surface area contributed by atoms with Crippen molar-refractivity contribution in [3.05, 3.63) is 46.2 Å². The molecule has 0 aliphatic carbocycles. The molecule has 0 N–H and O–H groups in total. The highest BCUT2D eigenvalue weighted by molar-refractivity contribution is 6.42. The van der Waals surface area contributed by atoms with Gasteiger partial charge in [-0.25, -0.2) is 14.8 Å². The number of halogens is 2. The van der Waals surface area contributed by atoms with E-state index in [1.54, 1.807) is 31.6 Å². The summed E-state index contributed by atoms with van der Waals surface area (Å²) < 4.78 is 10.5. The third kappa shape index (κ3) is 4.14. The Hall–Kier alpha value is -2.05. The van der Waals surface area contributed by atoms with Gasteiger partial charge in [-0.15, -0.1) is 0 Å². The van der Waals surface area contributed by atoms with Gasteiger partial charge in [-0.05, 0) is 31.0 Å². The van der Waals surface area contributed by atoms with Crippen LogP contribution in [-0.2, 0) is 4.74 Å². The Kier molecular flexibility index (Phi) is 5.60. The van der Waals surface area contributed by atoms with Gasteiger partial charge in [-0.2, -0.15) is 0 Å². The van der Waals surface area contributed by atoms with E-state index in [9.17, 15) is 4.79 Å². The van der Waals surface area contributed by atoms with Crippen LogP contribution in [0.5, 0.6) is 5.75 Å². The molecule has 2 heterocycles. The van der Waals surface area contributed by atoms with Crippen LogP contribution in [-0.4, -0.2) is 42.2 Å².